The SMILES string of the molecule is CNCCNCCN(CCN)CCNC. The molecule has 0 unspecified atom stereocenters. The van der Waals surface area contributed by atoms with Gasteiger partial charge in [-0.25, -0.2) is 0 Å². The first-order chi connectivity index (χ1) is 7.35. The summed E-state index contributed by atoms with van der Waals surface area (Å²) in [6, 6.07) is 0. The Morgan fingerprint density at radius 3 is 2.13 bits per heavy atom. The second-order valence-electron chi connectivity index (χ2n) is 3.59. The Hall–Kier alpha value is -0.200. The standard InChI is InChI=1S/C10H27N5/c1-12-4-5-14-7-10-15(8-3-11)9-6-13-2/h12-14H,3-11H2,1-2H3. The molecule has 0 saturated heterocycles. The number of rotatable bonds is 11. The number of nitrogens with zero attached hydrogens (tertiary/aromatic N) is 1. The lowest BCUT2D eigenvalue weighted by Crippen LogP contribution is -2.40. The molecule has 0 spiro atoms. The summed E-state index contributed by atoms with van der Waals surface area (Å²) in [5, 5.41) is 9.65. The van der Waals surface area contributed by atoms with E-state index in [9.17, 15) is 0 Å². The summed E-state index contributed by atoms with van der Waals surface area (Å²) in [6.07, 6.45) is 0. The second kappa shape index (κ2) is 11.9. The van der Waals surface area contributed by atoms with E-state index in [2.05, 4.69) is 20.9 Å². The van der Waals surface area contributed by atoms with Crippen molar-refractivity contribution in [1.29, 1.82) is 0 Å². The Kier molecular flexibility index (Phi) is 11.7. The molecule has 0 fully saturated rings. The van der Waals surface area contributed by atoms with Crippen LogP contribution in [0.3, 0.4) is 0 Å². The van der Waals surface area contributed by atoms with E-state index in [1.54, 1.807) is 0 Å². The molecule has 0 radical (unpaired) electrons. The number of hydrogen-bond donors (Lipinski definition) is 4. The van der Waals surface area contributed by atoms with Gasteiger partial charge in [0.25, 0.3) is 0 Å². The first-order valence-electron chi connectivity index (χ1n) is 5.77. The molecule has 0 amide bonds. The van der Waals surface area contributed by atoms with Crippen LogP contribution in [0.5, 0.6) is 0 Å². The molecule has 0 aromatic heterocycles. The maximum Gasteiger partial charge on any atom is 0.0108 e. The highest BCUT2D eigenvalue weighted by Gasteiger charge is 2.01. The van der Waals surface area contributed by atoms with Gasteiger partial charge in [-0.2, -0.15) is 0 Å². The smallest absolute Gasteiger partial charge is 0.0108 e. The lowest BCUT2D eigenvalue weighted by molar-refractivity contribution is 0.282. The zero-order valence-electron chi connectivity index (χ0n) is 10.2. The Balaban J connectivity index is 3.38. The van der Waals surface area contributed by atoms with Crippen LogP contribution in [-0.4, -0.2) is 71.4 Å². The third-order valence-electron chi connectivity index (χ3n) is 2.28. The molecule has 0 aromatic carbocycles. The van der Waals surface area contributed by atoms with Gasteiger partial charge in [0, 0.05) is 52.4 Å². The molecule has 15 heavy (non-hydrogen) atoms. The molecule has 0 atom stereocenters. The monoisotopic (exact) mass is 217 g/mol. The topological polar surface area (TPSA) is 65.3 Å². The third kappa shape index (κ3) is 10.1. The van der Waals surface area contributed by atoms with Crippen molar-refractivity contribution >= 4 is 0 Å². The molecular weight excluding hydrogens is 190 g/mol. The van der Waals surface area contributed by atoms with Gasteiger partial charge in [0.1, 0.15) is 0 Å². The van der Waals surface area contributed by atoms with Crippen LogP contribution in [-0.2, 0) is 0 Å². The molecule has 0 aliphatic heterocycles. The highest BCUT2D eigenvalue weighted by atomic mass is 15.2. The van der Waals surface area contributed by atoms with Gasteiger partial charge in [-0.15, -0.1) is 0 Å². The Morgan fingerprint density at radius 1 is 0.867 bits per heavy atom. The lowest BCUT2D eigenvalue weighted by atomic mass is 10.4. The van der Waals surface area contributed by atoms with E-state index in [4.69, 9.17) is 5.73 Å². The van der Waals surface area contributed by atoms with Crippen molar-refractivity contribution in [3.63, 3.8) is 0 Å². The minimum absolute atomic E-state index is 0.736. The molecular formula is C10H27N5. The second-order valence-corrected chi connectivity index (χ2v) is 3.59. The van der Waals surface area contributed by atoms with Crippen LogP contribution in [0.1, 0.15) is 0 Å². The van der Waals surface area contributed by atoms with Crippen molar-refractivity contribution in [1.82, 2.24) is 20.9 Å². The van der Waals surface area contributed by atoms with Crippen LogP contribution < -0.4 is 21.7 Å². The molecule has 0 aliphatic carbocycles. The Bertz CT molecular complexity index is 120. The van der Waals surface area contributed by atoms with Gasteiger partial charge in [-0.3, -0.25) is 4.90 Å². The van der Waals surface area contributed by atoms with Crippen LogP contribution in [0, 0.1) is 0 Å². The van der Waals surface area contributed by atoms with Crippen LogP contribution >= 0.6 is 0 Å². The number of nitrogens with two attached hydrogens (primary N) is 1. The zero-order valence-corrected chi connectivity index (χ0v) is 10.2. The summed E-state index contributed by atoms with van der Waals surface area (Å²) in [5.74, 6) is 0. The largest absolute Gasteiger partial charge is 0.329 e. The molecule has 5 heteroatoms. The summed E-state index contributed by atoms with van der Waals surface area (Å²) in [5.41, 5.74) is 5.56. The highest BCUT2D eigenvalue weighted by Crippen LogP contribution is 1.84. The van der Waals surface area contributed by atoms with E-state index >= 15 is 0 Å². The molecule has 5 N–H and O–H groups in total. The highest BCUT2D eigenvalue weighted by molar-refractivity contribution is 4.61. The van der Waals surface area contributed by atoms with Crippen molar-refractivity contribution in [3.05, 3.63) is 0 Å². The fraction of sp³-hybridized carbons (Fsp3) is 1.00. The van der Waals surface area contributed by atoms with Crippen molar-refractivity contribution in [2.75, 3.05) is 66.5 Å². The fourth-order valence-electron chi connectivity index (χ4n) is 1.36. The zero-order chi connectivity index (χ0) is 11.4. The fourth-order valence-corrected chi connectivity index (χ4v) is 1.36. The number of hydrogen-bond acceptors (Lipinski definition) is 5. The maximum absolute atomic E-state index is 5.56. The van der Waals surface area contributed by atoms with Gasteiger partial charge in [-0.05, 0) is 14.1 Å². The minimum Gasteiger partial charge on any atom is -0.329 e. The summed E-state index contributed by atoms with van der Waals surface area (Å²) in [7, 11) is 3.95. The van der Waals surface area contributed by atoms with Gasteiger partial charge in [0.05, 0.1) is 0 Å². The quantitative estimate of drug-likeness (QED) is 0.310. The van der Waals surface area contributed by atoms with E-state index in [-0.39, 0.29) is 0 Å². The summed E-state index contributed by atoms with van der Waals surface area (Å²) in [6.45, 7) is 7.97. The molecule has 0 aliphatic rings. The van der Waals surface area contributed by atoms with Gasteiger partial charge in [-0.1, -0.05) is 0 Å². The average Bonchev–Trinajstić information content (AvgIpc) is 2.25. The molecule has 5 nitrogen and oxygen atoms in total. The van der Waals surface area contributed by atoms with Crippen molar-refractivity contribution in [2.24, 2.45) is 5.73 Å². The first kappa shape index (κ1) is 14.8. The van der Waals surface area contributed by atoms with Crippen LogP contribution in [0.25, 0.3) is 0 Å². The van der Waals surface area contributed by atoms with Gasteiger partial charge in [0.15, 0.2) is 0 Å². The molecule has 0 aromatic rings. The third-order valence-corrected chi connectivity index (χ3v) is 2.28. The van der Waals surface area contributed by atoms with Crippen LogP contribution in [0.2, 0.25) is 0 Å². The Labute approximate surface area is 93.8 Å². The average molecular weight is 217 g/mol. The van der Waals surface area contributed by atoms with Crippen LogP contribution in [0.15, 0.2) is 0 Å². The lowest BCUT2D eigenvalue weighted by Gasteiger charge is -2.21. The van der Waals surface area contributed by atoms with Crippen molar-refractivity contribution < 1.29 is 0 Å². The summed E-state index contributed by atoms with van der Waals surface area (Å²) in [4.78, 5) is 2.38. The molecule has 0 rings (SSSR count). The predicted molar refractivity (Wildman–Crippen MR) is 66.2 cm³/mol. The number of likely N-dealkylation sites (N-methyl/N-ethyl adjacent to an activating group) is 2. The van der Waals surface area contributed by atoms with Crippen LogP contribution in [0.4, 0.5) is 0 Å². The molecule has 0 saturated carbocycles. The molecule has 0 bridgehead atoms. The van der Waals surface area contributed by atoms with E-state index in [1.165, 1.54) is 0 Å². The maximum atomic E-state index is 5.56. The summed E-state index contributed by atoms with van der Waals surface area (Å²) >= 11 is 0. The van der Waals surface area contributed by atoms with E-state index in [0.717, 1.165) is 52.4 Å². The van der Waals surface area contributed by atoms with Gasteiger partial charge in [0.2, 0.25) is 0 Å². The molecule has 92 valence electrons. The van der Waals surface area contributed by atoms with Crippen molar-refractivity contribution in [3.8, 4) is 0 Å². The minimum atomic E-state index is 0.736. The van der Waals surface area contributed by atoms with E-state index in [1.807, 2.05) is 14.1 Å². The molecule has 0 heterocycles. The summed E-state index contributed by atoms with van der Waals surface area (Å²) < 4.78 is 0. The number of nitrogens with one attached hydrogen (secondary N) is 3. The van der Waals surface area contributed by atoms with Crippen molar-refractivity contribution in [2.45, 2.75) is 0 Å². The predicted octanol–water partition coefficient (Wildman–Crippen LogP) is -1.72. The normalized spacial score (nSPS) is 11.2. The van der Waals surface area contributed by atoms with Gasteiger partial charge >= 0.3 is 0 Å². The van der Waals surface area contributed by atoms with Gasteiger partial charge < -0.3 is 21.7 Å². The van der Waals surface area contributed by atoms with E-state index in [0.29, 0.717) is 0 Å². The Morgan fingerprint density at radius 2 is 1.53 bits per heavy atom. The first-order valence-corrected chi connectivity index (χ1v) is 5.77. The van der Waals surface area contributed by atoms with E-state index < -0.39 is 0 Å².